The minimum Gasteiger partial charge on any atom is -0.386 e. The maximum atomic E-state index is 13.5. The Morgan fingerprint density at radius 2 is 1.35 bits per heavy atom. The molecule has 0 N–H and O–H groups in total. The fourth-order valence-corrected chi connectivity index (χ4v) is 3.88. The monoisotopic (exact) mass is 435 g/mol. The molecule has 31 heavy (non-hydrogen) atoms. The minimum absolute atomic E-state index is 0.195. The number of carbonyl (C=O) groups is 1. The number of para-hydroxylation sites is 2. The zero-order valence-corrected chi connectivity index (χ0v) is 17.9. The first-order valence-corrected chi connectivity index (χ1v) is 10.9. The second-order valence-electron chi connectivity index (χ2n) is 6.40. The highest BCUT2D eigenvalue weighted by atomic mass is 31.2. The Kier molecular flexibility index (Phi) is 6.96. The molecule has 0 saturated carbocycles. The van der Waals surface area contributed by atoms with E-state index in [1.807, 2.05) is 0 Å². The number of nitrogens with zero attached hydrogens (tertiary/aromatic N) is 1. The maximum absolute atomic E-state index is 13.5. The van der Waals surface area contributed by atoms with E-state index in [-0.39, 0.29) is 17.4 Å². The van der Waals surface area contributed by atoms with Crippen molar-refractivity contribution in [1.29, 1.82) is 0 Å². The number of amides is 1. The van der Waals surface area contributed by atoms with Crippen molar-refractivity contribution in [3.05, 3.63) is 115 Å². The molecule has 158 valence electrons. The molecule has 1 amide bonds. The van der Waals surface area contributed by atoms with Gasteiger partial charge in [0.25, 0.3) is 5.91 Å². The van der Waals surface area contributed by atoms with Crippen molar-refractivity contribution in [2.24, 2.45) is 0 Å². The third-order valence-electron chi connectivity index (χ3n) is 4.23. The lowest BCUT2D eigenvalue weighted by molar-refractivity contribution is 0.0770. The highest BCUT2D eigenvalue weighted by molar-refractivity contribution is 7.49. The van der Waals surface area contributed by atoms with Gasteiger partial charge in [0.2, 0.25) is 5.88 Å². The summed E-state index contributed by atoms with van der Waals surface area (Å²) in [5, 5.41) is 0. The summed E-state index contributed by atoms with van der Waals surface area (Å²) in [6.45, 7) is 7.47. The highest BCUT2D eigenvalue weighted by Crippen LogP contribution is 2.51. The molecule has 0 bridgehead atoms. The molecule has 3 aromatic rings. The molecule has 7 heteroatoms. The summed E-state index contributed by atoms with van der Waals surface area (Å²) in [6, 6.07) is 23.9. The number of phosphoric acid groups is 1. The Morgan fingerprint density at radius 3 is 1.87 bits per heavy atom. The van der Waals surface area contributed by atoms with Crippen LogP contribution < -0.4 is 9.05 Å². The molecule has 3 aromatic carbocycles. The topological polar surface area (TPSA) is 65.1 Å². The van der Waals surface area contributed by atoms with Crippen LogP contribution in [0.5, 0.6) is 11.5 Å². The molecular formula is C24H22NO5P. The fraction of sp³-hybridized carbons (Fsp3) is 0.0417. The smallest absolute Gasteiger partial charge is 0.386 e. The number of rotatable bonds is 9. The van der Waals surface area contributed by atoms with E-state index in [4.69, 9.17) is 13.6 Å². The summed E-state index contributed by atoms with van der Waals surface area (Å²) in [5.74, 6) is -0.0494. The van der Waals surface area contributed by atoms with Crippen LogP contribution in [0, 0.1) is 0 Å². The van der Waals surface area contributed by atoms with Crippen molar-refractivity contribution in [3.63, 3.8) is 0 Å². The highest BCUT2D eigenvalue weighted by Gasteiger charge is 2.35. The van der Waals surface area contributed by atoms with E-state index in [1.54, 1.807) is 91.0 Å². The number of benzene rings is 3. The van der Waals surface area contributed by atoms with Crippen LogP contribution in [0.3, 0.4) is 0 Å². The molecule has 0 aliphatic rings. The van der Waals surface area contributed by atoms with E-state index in [9.17, 15) is 9.36 Å². The second kappa shape index (κ2) is 9.83. The molecule has 0 radical (unpaired) electrons. The average molecular weight is 435 g/mol. The van der Waals surface area contributed by atoms with Crippen LogP contribution in [0.2, 0.25) is 0 Å². The van der Waals surface area contributed by atoms with E-state index in [2.05, 4.69) is 13.2 Å². The van der Waals surface area contributed by atoms with Gasteiger partial charge in [-0.25, -0.2) is 0 Å². The first-order chi connectivity index (χ1) is 14.9. The van der Waals surface area contributed by atoms with Crippen molar-refractivity contribution in [1.82, 2.24) is 4.90 Å². The minimum atomic E-state index is -4.24. The van der Waals surface area contributed by atoms with Crippen LogP contribution in [-0.4, -0.2) is 17.9 Å². The van der Waals surface area contributed by atoms with Crippen LogP contribution >= 0.6 is 7.82 Å². The predicted molar refractivity (Wildman–Crippen MR) is 121 cm³/mol. The maximum Gasteiger partial charge on any atom is 0.648 e. The van der Waals surface area contributed by atoms with E-state index in [1.165, 1.54) is 7.05 Å². The largest absolute Gasteiger partial charge is 0.648 e. The van der Waals surface area contributed by atoms with Crippen LogP contribution in [0.15, 0.2) is 104 Å². The van der Waals surface area contributed by atoms with Gasteiger partial charge in [0.15, 0.2) is 0 Å². The van der Waals surface area contributed by atoms with Crippen LogP contribution in [0.4, 0.5) is 0 Å². The number of hydrogen-bond donors (Lipinski definition) is 0. The molecule has 0 heterocycles. The van der Waals surface area contributed by atoms with Gasteiger partial charge in [-0.1, -0.05) is 67.3 Å². The van der Waals surface area contributed by atoms with Gasteiger partial charge in [-0.2, -0.15) is 4.57 Å². The Hall–Kier alpha value is -3.76. The molecule has 0 spiro atoms. The first kappa shape index (κ1) is 21.9. The van der Waals surface area contributed by atoms with E-state index < -0.39 is 13.7 Å². The lowest BCUT2D eigenvalue weighted by Gasteiger charge is -2.25. The van der Waals surface area contributed by atoms with Gasteiger partial charge in [0, 0.05) is 12.6 Å². The van der Waals surface area contributed by atoms with E-state index in [0.29, 0.717) is 11.1 Å². The number of hydrogen-bond acceptors (Lipinski definition) is 5. The van der Waals surface area contributed by atoms with Gasteiger partial charge in [-0.15, -0.1) is 0 Å². The van der Waals surface area contributed by atoms with Gasteiger partial charge in [-0.3, -0.25) is 9.69 Å². The zero-order chi connectivity index (χ0) is 22.3. The van der Waals surface area contributed by atoms with Crippen molar-refractivity contribution < 1.29 is 22.9 Å². The lowest BCUT2D eigenvalue weighted by atomic mass is 10.1. The summed E-state index contributed by atoms with van der Waals surface area (Å²) < 4.78 is 30.1. The van der Waals surface area contributed by atoms with Gasteiger partial charge in [0.1, 0.15) is 11.5 Å². The number of phosphoric ester groups is 1. The first-order valence-electron chi connectivity index (χ1n) is 9.39. The van der Waals surface area contributed by atoms with Gasteiger partial charge in [-0.05, 0) is 42.5 Å². The van der Waals surface area contributed by atoms with Gasteiger partial charge >= 0.3 is 7.82 Å². The summed E-state index contributed by atoms with van der Waals surface area (Å²) in [6.07, 6.45) is 1.58. The number of carbonyl (C=O) groups excluding carboxylic acids is 1. The molecule has 0 aliphatic carbocycles. The molecule has 0 atom stereocenters. The average Bonchev–Trinajstić information content (AvgIpc) is 2.79. The quantitative estimate of drug-likeness (QED) is 0.298. The van der Waals surface area contributed by atoms with Crippen molar-refractivity contribution in [2.45, 2.75) is 0 Å². The SMILES string of the molecule is C=Cc1ccccc1C(=O)N(C)C(=C)OP(=O)(Oc1ccccc1)Oc1ccccc1. The molecular weight excluding hydrogens is 413 g/mol. The molecule has 0 aromatic heterocycles. The van der Waals surface area contributed by atoms with E-state index in [0.717, 1.165) is 4.90 Å². The van der Waals surface area contributed by atoms with Crippen molar-refractivity contribution in [2.75, 3.05) is 7.05 Å². The second-order valence-corrected chi connectivity index (χ2v) is 7.84. The Bertz CT molecular complexity index is 1070. The van der Waals surface area contributed by atoms with Gasteiger partial charge < -0.3 is 13.6 Å². The molecule has 6 nitrogen and oxygen atoms in total. The molecule has 0 saturated heterocycles. The molecule has 0 fully saturated rings. The van der Waals surface area contributed by atoms with Crippen LogP contribution in [0.1, 0.15) is 15.9 Å². The standard InChI is InChI=1S/C24H22NO5P/c1-4-20-13-11-12-18-23(20)24(26)25(3)19(2)28-31(27,29-21-14-7-5-8-15-21)30-22-16-9-6-10-17-22/h4-18H,1-2H2,3H3. The summed E-state index contributed by atoms with van der Waals surface area (Å²) in [4.78, 5) is 14.1. The third kappa shape index (κ3) is 5.65. The predicted octanol–water partition coefficient (Wildman–Crippen LogP) is 6.16. The summed E-state index contributed by atoms with van der Waals surface area (Å²) >= 11 is 0. The normalized spacial score (nSPS) is 10.6. The molecule has 0 unspecified atom stereocenters. The Labute approximate surface area is 181 Å². The van der Waals surface area contributed by atoms with Crippen molar-refractivity contribution >= 4 is 19.8 Å². The van der Waals surface area contributed by atoms with Gasteiger partial charge in [0.05, 0.1) is 0 Å². The van der Waals surface area contributed by atoms with Crippen molar-refractivity contribution in [3.8, 4) is 11.5 Å². The molecule has 0 aliphatic heterocycles. The van der Waals surface area contributed by atoms with Crippen LogP contribution in [0.25, 0.3) is 6.08 Å². The third-order valence-corrected chi connectivity index (χ3v) is 5.53. The Balaban J connectivity index is 1.84. The Morgan fingerprint density at radius 1 is 0.871 bits per heavy atom. The zero-order valence-electron chi connectivity index (χ0n) is 17.0. The fourth-order valence-electron chi connectivity index (χ4n) is 2.63. The summed E-state index contributed by atoms with van der Waals surface area (Å²) in [5.41, 5.74) is 1.05. The lowest BCUT2D eigenvalue weighted by Crippen LogP contribution is -2.27. The summed E-state index contributed by atoms with van der Waals surface area (Å²) in [7, 11) is -2.78. The van der Waals surface area contributed by atoms with Crippen LogP contribution in [-0.2, 0) is 9.09 Å². The van der Waals surface area contributed by atoms with E-state index >= 15 is 0 Å². The molecule has 3 rings (SSSR count).